The molecule has 9 heteroatoms. The molecule has 2 aliphatic heterocycles. The summed E-state index contributed by atoms with van der Waals surface area (Å²) in [7, 11) is -1.64. The third-order valence-corrected chi connectivity index (χ3v) is 6.46. The molecule has 1 unspecified atom stereocenters. The monoisotopic (exact) mass is 364 g/mol. The standard InChI is InChI=1S/C16H20N4O4S/c1-19-6-7-20(11-13(19)16-17-4-5-18-16)25(21,22)12-2-3-14-15(10-12)24-9-8-23-14/h2-5,10,13H,6-9,11H2,1H3,(H,17,18). The summed E-state index contributed by atoms with van der Waals surface area (Å²) in [5, 5.41) is 0. The van der Waals surface area contributed by atoms with Crippen LogP contribution in [0.5, 0.6) is 11.5 Å². The number of nitrogens with zero attached hydrogens (tertiary/aromatic N) is 3. The van der Waals surface area contributed by atoms with Gasteiger partial charge in [-0.2, -0.15) is 4.31 Å². The number of piperazine rings is 1. The number of aromatic amines is 1. The third-order valence-electron chi connectivity index (χ3n) is 4.60. The molecule has 0 bridgehead atoms. The summed E-state index contributed by atoms with van der Waals surface area (Å²) < 4.78 is 38.6. The Morgan fingerprint density at radius 2 is 2.00 bits per heavy atom. The molecule has 1 aromatic carbocycles. The van der Waals surface area contributed by atoms with Crippen LogP contribution in [0, 0.1) is 0 Å². The van der Waals surface area contributed by atoms with E-state index in [0.29, 0.717) is 44.3 Å². The van der Waals surface area contributed by atoms with Crippen molar-refractivity contribution in [1.82, 2.24) is 19.2 Å². The smallest absolute Gasteiger partial charge is 0.243 e. The Balaban J connectivity index is 1.61. The highest BCUT2D eigenvalue weighted by atomic mass is 32.2. The second-order valence-electron chi connectivity index (χ2n) is 6.14. The van der Waals surface area contributed by atoms with E-state index in [4.69, 9.17) is 9.47 Å². The number of aromatic nitrogens is 2. The minimum Gasteiger partial charge on any atom is -0.486 e. The van der Waals surface area contributed by atoms with Gasteiger partial charge in [-0.1, -0.05) is 0 Å². The maximum absolute atomic E-state index is 13.1. The van der Waals surface area contributed by atoms with Crippen LogP contribution >= 0.6 is 0 Å². The predicted molar refractivity (Wildman–Crippen MR) is 90.1 cm³/mol. The molecular formula is C16H20N4O4S. The van der Waals surface area contributed by atoms with Crippen molar-refractivity contribution in [2.24, 2.45) is 0 Å². The molecule has 25 heavy (non-hydrogen) atoms. The van der Waals surface area contributed by atoms with Crippen molar-refractivity contribution in [3.63, 3.8) is 0 Å². The first-order valence-electron chi connectivity index (χ1n) is 8.15. The van der Waals surface area contributed by atoms with Gasteiger partial charge in [-0.3, -0.25) is 4.90 Å². The fourth-order valence-electron chi connectivity index (χ4n) is 3.16. The first kappa shape index (κ1) is 16.4. The number of H-pyrrole nitrogens is 1. The lowest BCUT2D eigenvalue weighted by atomic mass is 10.2. The fourth-order valence-corrected chi connectivity index (χ4v) is 4.61. The van der Waals surface area contributed by atoms with Gasteiger partial charge in [0.2, 0.25) is 10.0 Å². The van der Waals surface area contributed by atoms with Crippen LogP contribution in [0.1, 0.15) is 11.9 Å². The van der Waals surface area contributed by atoms with Crippen molar-refractivity contribution < 1.29 is 17.9 Å². The number of sulfonamides is 1. The number of hydrogen-bond donors (Lipinski definition) is 1. The molecule has 1 aromatic heterocycles. The van der Waals surface area contributed by atoms with Crippen LogP contribution < -0.4 is 9.47 Å². The number of nitrogens with one attached hydrogen (secondary N) is 1. The number of benzene rings is 1. The molecule has 0 radical (unpaired) electrons. The van der Waals surface area contributed by atoms with Gasteiger partial charge < -0.3 is 14.5 Å². The van der Waals surface area contributed by atoms with Crippen molar-refractivity contribution in [3.05, 3.63) is 36.4 Å². The number of rotatable bonds is 3. The van der Waals surface area contributed by atoms with Crippen molar-refractivity contribution in [2.45, 2.75) is 10.9 Å². The van der Waals surface area contributed by atoms with Crippen molar-refractivity contribution in [2.75, 3.05) is 39.9 Å². The largest absolute Gasteiger partial charge is 0.486 e. The molecule has 0 saturated carbocycles. The summed E-state index contributed by atoms with van der Waals surface area (Å²) >= 11 is 0. The highest BCUT2D eigenvalue weighted by molar-refractivity contribution is 7.89. The zero-order chi connectivity index (χ0) is 17.4. The Hall–Kier alpha value is -2.10. The van der Waals surface area contributed by atoms with Crippen molar-refractivity contribution >= 4 is 10.0 Å². The zero-order valence-electron chi connectivity index (χ0n) is 13.9. The van der Waals surface area contributed by atoms with Gasteiger partial charge in [0.1, 0.15) is 19.0 Å². The van der Waals surface area contributed by atoms with Crippen LogP contribution in [-0.2, 0) is 10.0 Å². The number of imidazole rings is 1. The Bertz CT molecular complexity index is 853. The number of fused-ring (bicyclic) bond motifs is 1. The van der Waals surface area contributed by atoms with Crippen LogP contribution in [0.2, 0.25) is 0 Å². The highest BCUT2D eigenvalue weighted by Gasteiger charge is 2.35. The van der Waals surface area contributed by atoms with Gasteiger partial charge >= 0.3 is 0 Å². The highest BCUT2D eigenvalue weighted by Crippen LogP contribution is 2.34. The molecule has 134 valence electrons. The van der Waals surface area contributed by atoms with E-state index in [1.807, 2.05) is 7.05 Å². The third kappa shape index (κ3) is 2.99. The van der Waals surface area contributed by atoms with E-state index in [0.717, 1.165) is 5.82 Å². The zero-order valence-corrected chi connectivity index (χ0v) is 14.7. The van der Waals surface area contributed by atoms with Gasteiger partial charge in [-0.15, -0.1) is 0 Å². The van der Waals surface area contributed by atoms with E-state index in [2.05, 4.69) is 14.9 Å². The quantitative estimate of drug-likeness (QED) is 0.869. The van der Waals surface area contributed by atoms with E-state index < -0.39 is 10.0 Å². The Labute approximate surface area is 146 Å². The molecule has 8 nitrogen and oxygen atoms in total. The molecule has 0 aliphatic carbocycles. The van der Waals surface area contributed by atoms with Crippen LogP contribution in [0.3, 0.4) is 0 Å². The number of ether oxygens (including phenoxy) is 2. The lowest BCUT2D eigenvalue weighted by Crippen LogP contribution is -2.49. The Morgan fingerprint density at radius 3 is 2.76 bits per heavy atom. The van der Waals surface area contributed by atoms with Crippen LogP contribution in [0.25, 0.3) is 0 Å². The van der Waals surface area contributed by atoms with Gasteiger partial charge in [0.15, 0.2) is 11.5 Å². The van der Waals surface area contributed by atoms with E-state index in [9.17, 15) is 8.42 Å². The summed E-state index contributed by atoms with van der Waals surface area (Å²) in [6.45, 7) is 2.31. The van der Waals surface area contributed by atoms with Gasteiger partial charge in [-0.05, 0) is 19.2 Å². The topological polar surface area (TPSA) is 87.8 Å². The molecule has 1 fully saturated rings. The minimum atomic E-state index is -3.61. The predicted octanol–water partition coefficient (Wildman–Crippen LogP) is 0.858. The van der Waals surface area contributed by atoms with Crippen molar-refractivity contribution in [1.29, 1.82) is 0 Å². The molecule has 1 saturated heterocycles. The SMILES string of the molecule is CN1CCN(S(=O)(=O)c2ccc3c(c2)OCCO3)CC1c1ncc[nH]1. The maximum atomic E-state index is 13.1. The number of likely N-dealkylation sites (N-methyl/N-ethyl adjacent to an activating group) is 1. The second-order valence-corrected chi connectivity index (χ2v) is 8.08. The molecular weight excluding hydrogens is 344 g/mol. The number of hydrogen-bond acceptors (Lipinski definition) is 6. The first-order chi connectivity index (χ1) is 12.1. The minimum absolute atomic E-state index is 0.101. The average Bonchev–Trinajstić information content (AvgIpc) is 3.16. The fraction of sp³-hybridized carbons (Fsp3) is 0.438. The average molecular weight is 364 g/mol. The summed E-state index contributed by atoms with van der Waals surface area (Å²) in [6, 6.07) is 4.67. The van der Waals surface area contributed by atoms with Crippen LogP contribution in [0.4, 0.5) is 0 Å². The summed E-state index contributed by atoms with van der Waals surface area (Å²) in [6.07, 6.45) is 3.43. The van der Waals surface area contributed by atoms with Crippen LogP contribution in [-0.4, -0.2) is 67.5 Å². The molecule has 3 heterocycles. The van der Waals surface area contributed by atoms with Crippen LogP contribution in [0.15, 0.2) is 35.5 Å². The lowest BCUT2D eigenvalue weighted by Gasteiger charge is -2.37. The second kappa shape index (κ2) is 6.32. The Morgan fingerprint density at radius 1 is 1.20 bits per heavy atom. The van der Waals surface area contributed by atoms with E-state index >= 15 is 0 Å². The molecule has 0 amide bonds. The Kier molecular flexibility index (Phi) is 4.14. The van der Waals surface area contributed by atoms with Gasteiger partial charge in [0, 0.05) is 38.1 Å². The molecule has 1 N–H and O–H groups in total. The molecule has 0 spiro atoms. The van der Waals surface area contributed by atoms with E-state index in [-0.39, 0.29) is 10.9 Å². The first-order valence-corrected chi connectivity index (χ1v) is 9.59. The summed E-state index contributed by atoms with van der Waals surface area (Å²) in [5.74, 6) is 1.82. The van der Waals surface area contributed by atoms with Gasteiger partial charge in [0.05, 0.1) is 10.9 Å². The van der Waals surface area contributed by atoms with E-state index in [1.165, 1.54) is 4.31 Å². The van der Waals surface area contributed by atoms with Crippen molar-refractivity contribution in [3.8, 4) is 11.5 Å². The normalized spacial score (nSPS) is 22.0. The van der Waals surface area contributed by atoms with E-state index in [1.54, 1.807) is 30.6 Å². The summed E-state index contributed by atoms with van der Waals surface area (Å²) in [5.41, 5.74) is 0. The van der Waals surface area contributed by atoms with Gasteiger partial charge in [0.25, 0.3) is 0 Å². The molecule has 1 atom stereocenters. The van der Waals surface area contributed by atoms with Gasteiger partial charge in [-0.25, -0.2) is 13.4 Å². The molecule has 4 rings (SSSR count). The molecule has 2 aromatic rings. The molecule has 2 aliphatic rings. The summed E-state index contributed by atoms with van der Waals surface area (Å²) in [4.78, 5) is 9.69. The lowest BCUT2D eigenvalue weighted by molar-refractivity contribution is 0.142. The maximum Gasteiger partial charge on any atom is 0.243 e.